The fourth-order valence-electron chi connectivity index (χ4n) is 2.51. The van der Waals surface area contributed by atoms with Crippen LogP contribution in [0.2, 0.25) is 0 Å². The predicted octanol–water partition coefficient (Wildman–Crippen LogP) is 3.48. The van der Waals surface area contributed by atoms with E-state index in [1.54, 1.807) is 0 Å². The average Bonchev–Trinajstić information content (AvgIpc) is 2.93. The van der Waals surface area contributed by atoms with E-state index in [9.17, 15) is 0 Å². The third kappa shape index (κ3) is 10.3. The summed E-state index contributed by atoms with van der Waals surface area (Å²) in [4.78, 5) is 2.48. The minimum atomic E-state index is 0.754. The van der Waals surface area contributed by atoms with E-state index in [0.717, 1.165) is 33.0 Å². The van der Waals surface area contributed by atoms with Crippen LogP contribution in [0, 0.1) is 0 Å². The van der Waals surface area contributed by atoms with Gasteiger partial charge in [-0.25, -0.2) is 0 Å². The molecule has 3 nitrogen and oxygen atoms in total. The highest BCUT2D eigenvalue weighted by Crippen LogP contribution is 2.06. The second-order valence-corrected chi connectivity index (χ2v) is 5.54. The van der Waals surface area contributed by atoms with Crippen LogP contribution in [0.4, 0.5) is 0 Å². The molecule has 0 N–H and O–H groups in total. The molecule has 1 aliphatic rings. The topological polar surface area (TPSA) is 21.7 Å². The molecule has 1 fully saturated rings. The van der Waals surface area contributed by atoms with E-state index in [2.05, 4.69) is 11.8 Å². The molecule has 0 aromatic carbocycles. The number of ether oxygens (including phenoxy) is 2. The highest BCUT2D eigenvalue weighted by molar-refractivity contribution is 4.64. The lowest BCUT2D eigenvalue weighted by molar-refractivity contribution is 0.0395. The Balaban J connectivity index is 1.67. The molecule has 1 aliphatic heterocycles. The van der Waals surface area contributed by atoms with Crippen molar-refractivity contribution in [2.24, 2.45) is 0 Å². The minimum absolute atomic E-state index is 0.754. The molecular weight excluding hydrogens is 238 g/mol. The molecule has 19 heavy (non-hydrogen) atoms. The van der Waals surface area contributed by atoms with E-state index in [1.807, 2.05) is 0 Å². The summed E-state index contributed by atoms with van der Waals surface area (Å²) < 4.78 is 11.2. The van der Waals surface area contributed by atoms with Crippen LogP contribution in [0.15, 0.2) is 0 Å². The molecule has 3 heteroatoms. The number of nitrogens with zero attached hydrogens (tertiary/aromatic N) is 1. The Labute approximate surface area is 119 Å². The van der Waals surface area contributed by atoms with E-state index < -0.39 is 0 Å². The lowest BCUT2D eigenvalue weighted by Crippen LogP contribution is -2.24. The maximum atomic E-state index is 5.59. The Morgan fingerprint density at radius 3 is 2.11 bits per heavy atom. The SMILES string of the molecule is CCCCCCCCOCCOCCN1CCCC1. The summed E-state index contributed by atoms with van der Waals surface area (Å²) in [5.41, 5.74) is 0. The number of hydrogen-bond acceptors (Lipinski definition) is 3. The normalized spacial score (nSPS) is 16.3. The van der Waals surface area contributed by atoms with Gasteiger partial charge in [-0.1, -0.05) is 39.0 Å². The molecule has 0 spiro atoms. The van der Waals surface area contributed by atoms with Crippen LogP contribution in [0.1, 0.15) is 58.3 Å². The lowest BCUT2D eigenvalue weighted by atomic mass is 10.1. The molecule has 1 rings (SSSR count). The second kappa shape index (κ2) is 12.9. The van der Waals surface area contributed by atoms with Gasteiger partial charge >= 0.3 is 0 Å². The van der Waals surface area contributed by atoms with Gasteiger partial charge in [0.1, 0.15) is 0 Å². The molecule has 1 heterocycles. The van der Waals surface area contributed by atoms with Crippen molar-refractivity contribution in [3.63, 3.8) is 0 Å². The van der Waals surface area contributed by atoms with Gasteiger partial charge in [0, 0.05) is 13.2 Å². The van der Waals surface area contributed by atoms with Crippen molar-refractivity contribution < 1.29 is 9.47 Å². The molecule has 0 aromatic heterocycles. The van der Waals surface area contributed by atoms with Crippen LogP contribution >= 0.6 is 0 Å². The zero-order valence-electron chi connectivity index (χ0n) is 12.9. The summed E-state index contributed by atoms with van der Waals surface area (Å²) >= 11 is 0. The zero-order chi connectivity index (χ0) is 13.6. The largest absolute Gasteiger partial charge is 0.379 e. The first kappa shape index (κ1) is 16.9. The van der Waals surface area contributed by atoms with Crippen molar-refractivity contribution in [3.8, 4) is 0 Å². The third-order valence-electron chi connectivity index (χ3n) is 3.76. The molecule has 0 atom stereocenters. The zero-order valence-corrected chi connectivity index (χ0v) is 12.9. The molecule has 0 radical (unpaired) electrons. The van der Waals surface area contributed by atoms with Gasteiger partial charge in [0.2, 0.25) is 0 Å². The number of rotatable bonds is 13. The Morgan fingerprint density at radius 2 is 1.37 bits per heavy atom. The van der Waals surface area contributed by atoms with Crippen molar-refractivity contribution >= 4 is 0 Å². The van der Waals surface area contributed by atoms with Crippen LogP contribution in [0.5, 0.6) is 0 Å². The van der Waals surface area contributed by atoms with Crippen LogP contribution < -0.4 is 0 Å². The van der Waals surface area contributed by atoms with Gasteiger partial charge in [-0.2, -0.15) is 0 Å². The fraction of sp³-hybridized carbons (Fsp3) is 1.00. The molecule has 0 unspecified atom stereocenters. The van der Waals surface area contributed by atoms with E-state index in [1.165, 1.54) is 64.5 Å². The summed E-state index contributed by atoms with van der Waals surface area (Å²) in [6.07, 6.45) is 10.7. The molecule has 0 amide bonds. The summed E-state index contributed by atoms with van der Waals surface area (Å²) in [6.45, 7) is 9.15. The quantitative estimate of drug-likeness (QED) is 0.479. The first-order chi connectivity index (χ1) is 9.43. The summed E-state index contributed by atoms with van der Waals surface area (Å²) in [7, 11) is 0. The molecule has 114 valence electrons. The number of unbranched alkanes of at least 4 members (excludes halogenated alkanes) is 5. The van der Waals surface area contributed by atoms with Gasteiger partial charge < -0.3 is 14.4 Å². The van der Waals surface area contributed by atoms with Crippen molar-refractivity contribution in [1.82, 2.24) is 4.90 Å². The molecule has 1 saturated heterocycles. The van der Waals surface area contributed by atoms with Gasteiger partial charge in [0.15, 0.2) is 0 Å². The predicted molar refractivity (Wildman–Crippen MR) is 80.7 cm³/mol. The highest BCUT2D eigenvalue weighted by atomic mass is 16.5. The summed E-state index contributed by atoms with van der Waals surface area (Å²) in [5.74, 6) is 0. The summed E-state index contributed by atoms with van der Waals surface area (Å²) in [6, 6.07) is 0. The van der Waals surface area contributed by atoms with E-state index in [0.29, 0.717) is 0 Å². The smallest absolute Gasteiger partial charge is 0.0701 e. The van der Waals surface area contributed by atoms with Crippen molar-refractivity contribution in [2.75, 3.05) is 46.1 Å². The Bertz CT molecular complexity index is 182. The Morgan fingerprint density at radius 1 is 0.737 bits per heavy atom. The monoisotopic (exact) mass is 271 g/mol. The molecule has 0 aliphatic carbocycles. The average molecular weight is 271 g/mol. The van der Waals surface area contributed by atoms with Gasteiger partial charge in [-0.3, -0.25) is 0 Å². The molecule has 0 bridgehead atoms. The van der Waals surface area contributed by atoms with Crippen molar-refractivity contribution in [3.05, 3.63) is 0 Å². The number of hydrogen-bond donors (Lipinski definition) is 0. The van der Waals surface area contributed by atoms with Crippen LogP contribution in [-0.2, 0) is 9.47 Å². The van der Waals surface area contributed by atoms with Gasteiger partial charge in [-0.05, 0) is 32.4 Å². The third-order valence-corrected chi connectivity index (χ3v) is 3.76. The lowest BCUT2D eigenvalue weighted by Gasteiger charge is -2.14. The van der Waals surface area contributed by atoms with Gasteiger partial charge in [-0.15, -0.1) is 0 Å². The maximum Gasteiger partial charge on any atom is 0.0701 e. The Kier molecular flexibility index (Phi) is 11.5. The van der Waals surface area contributed by atoms with E-state index in [4.69, 9.17) is 9.47 Å². The first-order valence-corrected chi connectivity index (χ1v) is 8.31. The summed E-state index contributed by atoms with van der Waals surface area (Å²) in [5, 5.41) is 0. The molecular formula is C16H33NO2. The standard InChI is InChI=1S/C16H33NO2/c1-2-3-4-5-6-9-13-18-15-16-19-14-12-17-10-7-8-11-17/h2-16H2,1H3. The van der Waals surface area contributed by atoms with E-state index in [-0.39, 0.29) is 0 Å². The molecule has 0 aromatic rings. The van der Waals surface area contributed by atoms with Gasteiger partial charge in [0.05, 0.1) is 19.8 Å². The second-order valence-electron chi connectivity index (χ2n) is 5.54. The Hall–Kier alpha value is -0.120. The highest BCUT2D eigenvalue weighted by Gasteiger charge is 2.09. The van der Waals surface area contributed by atoms with Crippen LogP contribution in [0.3, 0.4) is 0 Å². The fourth-order valence-corrected chi connectivity index (χ4v) is 2.51. The number of likely N-dealkylation sites (tertiary alicyclic amines) is 1. The maximum absolute atomic E-state index is 5.59. The van der Waals surface area contributed by atoms with Crippen LogP contribution in [0.25, 0.3) is 0 Å². The van der Waals surface area contributed by atoms with Crippen LogP contribution in [-0.4, -0.2) is 51.0 Å². The van der Waals surface area contributed by atoms with Gasteiger partial charge in [0.25, 0.3) is 0 Å². The first-order valence-electron chi connectivity index (χ1n) is 8.31. The molecule has 0 saturated carbocycles. The van der Waals surface area contributed by atoms with Crippen molar-refractivity contribution in [2.45, 2.75) is 58.3 Å². The van der Waals surface area contributed by atoms with E-state index >= 15 is 0 Å². The minimum Gasteiger partial charge on any atom is -0.379 e. The van der Waals surface area contributed by atoms with Crippen molar-refractivity contribution in [1.29, 1.82) is 0 Å².